The molecule has 4 rings (SSSR count). The van der Waals surface area contributed by atoms with E-state index in [2.05, 4.69) is 45.0 Å². The first kappa shape index (κ1) is 15.2. The molecule has 0 fully saturated rings. The summed E-state index contributed by atoms with van der Waals surface area (Å²) in [5.41, 5.74) is 6.28. The van der Waals surface area contributed by atoms with Gasteiger partial charge in [-0.3, -0.25) is 4.79 Å². The summed E-state index contributed by atoms with van der Waals surface area (Å²) in [7, 11) is 0. The van der Waals surface area contributed by atoms with Gasteiger partial charge in [-0.2, -0.15) is 0 Å². The maximum atomic E-state index is 12.9. The molecule has 2 aliphatic rings. The van der Waals surface area contributed by atoms with Crippen molar-refractivity contribution in [1.82, 2.24) is 0 Å². The molecule has 0 N–H and O–H groups in total. The van der Waals surface area contributed by atoms with Crippen LogP contribution in [0.25, 0.3) is 0 Å². The predicted octanol–water partition coefficient (Wildman–Crippen LogP) is 5.29. The Labute approximate surface area is 143 Å². The largest absolute Gasteiger partial charge is 0.461 e. The van der Waals surface area contributed by atoms with Crippen molar-refractivity contribution in [1.29, 1.82) is 0 Å². The molecule has 24 heavy (non-hydrogen) atoms. The Morgan fingerprint density at radius 1 is 0.958 bits per heavy atom. The first-order valence-electron chi connectivity index (χ1n) is 8.45. The van der Waals surface area contributed by atoms with E-state index in [9.17, 15) is 4.79 Å². The molecule has 0 saturated heterocycles. The third-order valence-electron chi connectivity index (χ3n) is 5.13. The van der Waals surface area contributed by atoms with E-state index in [-0.39, 0.29) is 17.1 Å². The number of ether oxygens (including phenoxy) is 1. The van der Waals surface area contributed by atoms with Crippen LogP contribution in [0.2, 0.25) is 0 Å². The van der Waals surface area contributed by atoms with E-state index in [1.165, 1.54) is 5.56 Å². The Morgan fingerprint density at radius 3 is 2.42 bits per heavy atom. The van der Waals surface area contributed by atoms with Gasteiger partial charge >= 0.3 is 0 Å². The van der Waals surface area contributed by atoms with Gasteiger partial charge < -0.3 is 4.74 Å². The fourth-order valence-corrected chi connectivity index (χ4v) is 3.79. The van der Waals surface area contributed by atoms with Gasteiger partial charge in [-0.05, 0) is 42.5 Å². The van der Waals surface area contributed by atoms with Crippen molar-refractivity contribution in [2.75, 3.05) is 0 Å². The Kier molecular flexibility index (Phi) is 3.05. The number of ketones is 1. The molecular weight excluding hydrogens is 296 g/mol. The lowest BCUT2D eigenvalue weighted by Gasteiger charge is -2.28. The molecule has 2 nitrogen and oxygen atoms in total. The van der Waals surface area contributed by atoms with E-state index in [1.807, 2.05) is 26.0 Å². The van der Waals surface area contributed by atoms with E-state index in [0.29, 0.717) is 0 Å². The van der Waals surface area contributed by atoms with Gasteiger partial charge in [-0.1, -0.05) is 50.6 Å². The first-order valence-corrected chi connectivity index (χ1v) is 8.45. The lowest BCUT2D eigenvalue weighted by Crippen LogP contribution is -2.17. The lowest BCUT2D eigenvalue weighted by atomic mass is 9.81. The molecule has 122 valence electrons. The Morgan fingerprint density at radius 2 is 1.71 bits per heavy atom. The Hall–Kier alpha value is -2.35. The SMILES string of the molecule is CC1=C2C(=O)c3cc(C)ccc3C2c2cc(C(C)(C)C)ccc2O1. The summed E-state index contributed by atoms with van der Waals surface area (Å²) < 4.78 is 6.00. The summed E-state index contributed by atoms with van der Waals surface area (Å²) in [6, 6.07) is 12.6. The van der Waals surface area contributed by atoms with Crippen LogP contribution in [0.1, 0.15) is 66.2 Å². The molecule has 2 heteroatoms. The average Bonchev–Trinajstić information content (AvgIpc) is 2.80. The summed E-state index contributed by atoms with van der Waals surface area (Å²) in [4.78, 5) is 12.9. The number of rotatable bonds is 0. The number of Topliss-reactive ketones (excluding diaryl/α,β-unsaturated/α-hetero) is 1. The second kappa shape index (κ2) is 4.83. The zero-order valence-electron chi connectivity index (χ0n) is 14.9. The highest BCUT2D eigenvalue weighted by molar-refractivity contribution is 6.15. The fourth-order valence-electron chi connectivity index (χ4n) is 3.79. The second-order valence-electron chi connectivity index (χ2n) is 7.93. The van der Waals surface area contributed by atoms with Crippen LogP contribution in [0.4, 0.5) is 0 Å². The minimum Gasteiger partial charge on any atom is -0.461 e. The fraction of sp³-hybridized carbons (Fsp3) is 0.318. The normalized spacial score (nSPS) is 18.9. The van der Waals surface area contributed by atoms with Crippen molar-refractivity contribution in [2.24, 2.45) is 0 Å². The highest BCUT2D eigenvalue weighted by Crippen LogP contribution is 2.50. The molecular formula is C22H22O2. The third kappa shape index (κ3) is 2.06. The van der Waals surface area contributed by atoms with Crippen LogP contribution in [0.15, 0.2) is 47.7 Å². The van der Waals surface area contributed by atoms with Crippen molar-refractivity contribution in [3.63, 3.8) is 0 Å². The molecule has 0 saturated carbocycles. The van der Waals surface area contributed by atoms with Crippen molar-refractivity contribution < 1.29 is 9.53 Å². The maximum Gasteiger partial charge on any atom is 0.193 e. The van der Waals surface area contributed by atoms with Gasteiger partial charge in [-0.25, -0.2) is 0 Å². The standard InChI is InChI=1S/C22H22O2/c1-12-6-8-15-16(10-12)21(23)19-13(2)24-18-9-7-14(22(3,4)5)11-17(18)20(15)19/h6-11,20H,1-5H3. The number of hydrogen-bond acceptors (Lipinski definition) is 2. The van der Waals surface area contributed by atoms with Crippen molar-refractivity contribution in [2.45, 2.75) is 46.0 Å². The minimum absolute atomic E-state index is 0.000787. The van der Waals surface area contributed by atoms with Crippen LogP contribution in [0, 0.1) is 6.92 Å². The average molecular weight is 318 g/mol. The van der Waals surface area contributed by atoms with Gasteiger partial charge in [0, 0.05) is 17.0 Å². The number of fused-ring (bicyclic) bond motifs is 5. The summed E-state index contributed by atoms with van der Waals surface area (Å²) >= 11 is 0. The highest BCUT2D eigenvalue weighted by Gasteiger charge is 2.41. The number of hydrogen-bond donors (Lipinski definition) is 0. The summed E-state index contributed by atoms with van der Waals surface area (Å²) in [5.74, 6) is 1.72. The van der Waals surface area contributed by atoms with Gasteiger partial charge in [0.15, 0.2) is 5.78 Å². The van der Waals surface area contributed by atoms with Crippen LogP contribution in [0.3, 0.4) is 0 Å². The Bertz CT molecular complexity index is 910. The highest BCUT2D eigenvalue weighted by atomic mass is 16.5. The topological polar surface area (TPSA) is 26.3 Å². The second-order valence-corrected chi connectivity index (χ2v) is 7.93. The summed E-state index contributed by atoms with van der Waals surface area (Å²) in [5, 5.41) is 0. The molecule has 1 aliphatic heterocycles. The van der Waals surface area contributed by atoms with Crippen molar-refractivity contribution in [3.8, 4) is 5.75 Å². The molecule has 2 aromatic carbocycles. The molecule has 0 amide bonds. The maximum absolute atomic E-state index is 12.9. The number of allylic oxidation sites excluding steroid dienone is 2. The van der Waals surface area contributed by atoms with E-state index in [4.69, 9.17) is 4.74 Å². The van der Waals surface area contributed by atoms with Gasteiger partial charge in [0.05, 0.1) is 5.57 Å². The third-order valence-corrected chi connectivity index (χ3v) is 5.13. The van der Waals surface area contributed by atoms with Gasteiger partial charge in [0.2, 0.25) is 0 Å². The van der Waals surface area contributed by atoms with Gasteiger partial charge in [-0.15, -0.1) is 0 Å². The summed E-state index contributed by atoms with van der Waals surface area (Å²) in [6.07, 6.45) is 0. The molecule has 0 aromatic heterocycles. The summed E-state index contributed by atoms with van der Waals surface area (Å²) in [6.45, 7) is 10.5. The van der Waals surface area contributed by atoms with E-state index >= 15 is 0 Å². The molecule has 1 unspecified atom stereocenters. The molecule has 1 aliphatic carbocycles. The number of carbonyl (C=O) groups is 1. The first-order chi connectivity index (χ1) is 11.3. The van der Waals surface area contributed by atoms with Crippen LogP contribution >= 0.6 is 0 Å². The van der Waals surface area contributed by atoms with Crippen molar-refractivity contribution >= 4 is 5.78 Å². The Balaban J connectivity index is 1.98. The van der Waals surface area contributed by atoms with Gasteiger partial charge in [0.25, 0.3) is 0 Å². The number of aryl methyl sites for hydroxylation is 1. The van der Waals surface area contributed by atoms with Crippen LogP contribution in [0.5, 0.6) is 5.75 Å². The molecule has 1 atom stereocenters. The molecule has 0 radical (unpaired) electrons. The quantitative estimate of drug-likeness (QED) is 0.660. The predicted molar refractivity (Wildman–Crippen MR) is 95.8 cm³/mol. The zero-order chi connectivity index (χ0) is 17.2. The monoisotopic (exact) mass is 318 g/mol. The van der Waals surface area contributed by atoms with Crippen LogP contribution in [-0.2, 0) is 5.41 Å². The van der Waals surface area contributed by atoms with Crippen LogP contribution < -0.4 is 4.74 Å². The van der Waals surface area contributed by atoms with Crippen LogP contribution in [-0.4, -0.2) is 5.78 Å². The van der Waals surface area contributed by atoms with Gasteiger partial charge in [0.1, 0.15) is 11.5 Å². The number of carbonyl (C=O) groups excluding carboxylic acids is 1. The smallest absolute Gasteiger partial charge is 0.193 e. The molecule has 2 aromatic rings. The van der Waals surface area contributed by atoms with E-state index < -0.39 is 0 Å². The lowest BCUT2D eigenvalue weighted by molar-refractivity contribution is 0.103. The van der Waals surface area contributed by atoms with E-state index in [0.717, 1.165) is 39.3 Å². The zero-order valence-corrected chi connectivity index (χ0v) is 14.9. The molecule has 0 spiro atoms. The number of benzene rings is 2. The van der Waals surface area contributed by atoms with Crippen molar-refractivity contribution in [3.05, 3.63) is 75.5 Å². The minimum atomic E-state index is -0.000787. The van der Waals surface area contributed by atoms with E-state index in [1.54, 1.807) is 0 Å². The molecule has 0 bridgehead atoms. The molecule has 1 heterocycles.